The molecule has 1 aliphatic heterocycles. The number of hydrogen-bond acceptors (Lipinski definition) is 2. The zero-order valence-corrected chi connectivity index (χ0v) is 15.1. The summed E-state index contributed by atoms with van der Waals surface area (Å²) in [7, 11) is 1.91. The maximum absolute atomic E-state index is 14.6. The number of hydrogen-bond donors (Lipinski definition) is 0. The number of aromatic nitrogens is 2. The number of aryl methyl sites for hydroxylation is 1. The van der Waals surface area contributed by atoms with Gasteiger partial charge in [-0.1, -0.05) is 30.3 Å². The number of likely N-dealkylation sites (tertiary alicyclic amines) is 1. The van der Waals surface area contributed by atoms with Crippen LogP contribution in [0.5, 0.6) is 0 Å². The van der Waals surface area contributed by atoms with Gasteiger partial charge in [0, 0.05) is 26.0 Å². The van der Waals surface area contributed by atoms with Crippen LogP contribution in [0.3, 0.4) is 0 Å². The van der Waals surface area contributed by atoms with E-state index < -0.39 is 0 Å². The lowest BCUT2D eigenvalue weighted by atomic mass is 9.90. The van der Waals surface area contributed by atoms with E-state index in [0.717, 1.165) is 43.7 Å². The van der Waals surface area contributed by atoms with Crippen LogP contribution < -0.4 is 0 Å². The predicted molar refractivity (Wildman–Crippen MR) is 102 cm³/mol. The first-order valence-electron chi connectivity index (χ1n) is 9.24. The highest BCUT2D eigenvalue weighted by molar-refractivity contribution is 5.56. The second-order valence-corrected chi connectivity index (χ2v) is 7.14. The molecular weight excluding hydrogens is 325 g/mol. The molecule has 0 spiro atoms. The van der Waals surface area contributed by atoms with Gasteiger partial charge >= 0.3 is 0 Å². The van der Waals surface area contributed by atoms with Gasteiger partial charge in [-0.05, 0) is 61.2 Å². The molecule has 4 heteroatoms. The summed E-state index contributed by atoms with van der Waals surface area (Å²) in [4.78, 5) is 6.91. The Bertz CT molecular complexity index is 864. The maximum Gasteiger partial charge on any atom is 0.151 e. The highest BCUT2D eigenvalue weighted by Crippen LogP contribution is 2.30. The molecule has 0 amide bonds. The maximum atomic E-state index is 14.6. The molecule has 2 aromatic heterocycles. The van der Waals surface area contributed by atoms with Crippen molar-refractivity contribution < 1.29 is 4.39 Å². The molecule has 3 aromatic rings. The minimum Gasteiger partial charge on any atom is -0.349 e. The van der Waals surface area contributed by atoms with Crippen LogP contribution in [-0.4, -0.2) is 27.5 Å². The standard InChI is InChI=1S/C22H24FN3/c1-25-11-5-8-21(25)22-20(23)14-19(15-24-22)18-9-12-26(13-10-18)16-17-6-3-2-4-7-17/h2-8,11,14-15,18H,9-10,12-13,16H2,1H3. The summed E-state index contributed by atoms with van der Waals surface area (Å²) in [6.07, 6.45) is 5.88. The molecule has 0 saturated carbocycles. The van der Waals surface area contributed by atoms with Crippen molar-refractivity contribution in [3.63, 3.8) is 0 Å². The Labute approximate surface area is 154 Å². The first kappa shape index (κ1) is 17.0. The first-order valence-corrected chi connectivity index (χ1v) is 9.24. The number of halogens is 1. The average Bonchev–Trinajstić information content (AvgIpc) is 3.09. The fourth-order valence-electron chi connectivity index (χ4n) is 3.84. The quantitative estimate of drug-likeness (QED) is 0.686. The summed E-state index contributed by atoms with van der Waals surface area (Å²) < 4.78 is 16.5. The lowest BCUT2D eigenvalue weighted by Gasteiger charge is -2.32. The van der Waals surface area contributed by atoms with Crippen LogP contribution in [0.15, 0.2) is 60.9 Å². The van der Waals surface area contributed by atoms with E-state index >= 15 is 0 Å². The fraction of sp³-hybridized carbons (Fsp3) is 0.318. The molecule has 0 unspecified atom stereocenters. The summed E-state index contributed by atoms with van der Waals surface area (Å²) in [5.41, 5.74) is 3.62. The summed E-state index contributed by atoms with van der Waals surface area (Å²) in [5, 5.41) is 0. The van der Waals surface area contributed by atoms with E-state index in [2.05, 4.69) is 40.2 Å². The van der Waals surface area contributed by atoms with E-state index in [0.29, 0.717) is 11.6 Å². The van der Waals surface area contributed by atoms with Crippen molar-refractivity contribution in [2.75, 3.05) is 13.1 Å². The van der Waals surface area contributed by atoms with Gasteiger partial charge in [-0.15, -0.1) is 0 Å². The van der Waals surface area contributed by atoms with Crippen molar-refractivity contribution in [2.24, 2.45) is 7.05 Å². The number of benzene rings is 1. The van der Waals surface area contributed by atoms with Gasteiger partial charge in [0.2, 0.25) is 0 Å². The van der Waals surface area contributed by atoms with Gasteiger partial charge in [-0.25, -0.2) is 4.39 Å². The highest BCUT2D eigenvalue weighted by atomic mass is 19.1. The topological polar surface area (TPSA) is 21.1 Å². The fourth-order valence-corrected chi connectivity index (χ4v) is 3.84. The van der Waals surface area contributed by atoms with Gasteiger partial charge in [0.05, 0.1) is 5.69 Å². The minimum atomic E-state index is -0.226. The Morgan fingerprint density at radius 1 is 1.08 bits per heavy atom. The van der Waals surface area contributed by atoms with E-state index in [9.17, 15) is 4.39 Å². The van der Waals surface area contributed by atoms with Crippen molar-refractivity contribution in [3.8, 4) is 11.4 Å². The van der Waals surface area contributed by atoms with E-state index in [1.165, 1.54) is 5.56 Å². The highest BCUT2D eigenvalue weighted by Gasteiger charge is 2.22. The normalized spacial score (nSPS) is 16.1. The van der Waals surface area contributed by atoms with Crippen molar-refractivity contribution in [1.29, 1.82) is 0 Å². The Balaban J connectivity index is 1.42. The summed E-state index contributed by atoms with van der Waals surface area (Å²) in [6.45, 7) is 3.08. The largest absolute Gasteiger partial charge is 0.349 e. The van der Waals surface area contributed by atoms with Gasteiger partial charge in [0.25, 0.3) is 0 Å². The Morgan fingerprint density at radius 2 is 1.85 bits per heavy atom. The molecule has 0 N–H and O–H groups in total. The van der Waals surface area contributed by atoms with E-state index in [-0.39, 0.29) is 5.82 Å². The van der Waals surface area contributed by atoms with E-state index in [1.54, 1.807) is 6.07 Å². The van der Waals surface area contributed by atoms with E-state index in [1.807, 2.05) is 36.1 Å². The summed E-state index contributed by atoms with van der Waals surface area (Å²) in [6, 6.07) is 16.1. The summed E-state index contributed by atoms with van der Waals surface area (Å²) >= 11 is 0. The van der Waals surface area contributed by atoms with Gasteiger partial charge in [0.1, 0.15) is 5.69 Å². The van der Waals surface area contributed by atoms with Gasteiger partial charge in [-0.2, -0.15) is 0 Å². The molecule has 3 heterocycles. The molecule has 1 aliphatic rings. The zero-order valence-electron chi connectivity index (χ0n) is 15.1. The third-order valence-electron chi connectivity index (χ3n) is 5.36. The SMILES string of the molecule is Cn1cccc1-c1ncc(C2CCN(Cc3ccccc3)CC2)cc1F. The van der Waals surface area contributed by atoms with Crippen LogP contribution in [0.4, 0.5) is 4.39 Å². The number of pyridine rings is 1. The van der Waals surface area contributed by atoms with Crippen molar-refractivity contribution >= 4 is 0 Å². The van der Waals surface area contributed by atoms with Crippen LogP contribution in [0.1, 0.15) is 29.9 Å². The molecule has 1 aromatic carbocycles. The van der Waals surface area contributed by atoms with Crippen molar-refractivity contribution in [2.45, 2.75) is 25.3 Å². The lowest BCUT2D eigenvalue weighted by molar-refractivity contribution is 0.204. The van der Waals surface area contributed by atoms with Crippen LogP contribution in [0.2, 0.25) is 0 Å². The Hall–Kier alpha value is -2.46. The van der Waals surface area contributed by atoms with Gasteiger partial charge in [-0.3, -0.25) is 9.88 Å². The number of rotatable bonds is 4. The van der Waals surface area contributed by atoms with E-state index in [4.69, 9.17) is 0 Å². The second kappa shape index (κ2) is 7.42. The smallest absolute Gasteiger partial charge is 0.151 e. The Morgan fingerprint density at radius 3 is 2.50 bits per heavy atom. The molecule has 0 atom stereocenters. The third kappa shape index (κ3) is 3.56. The third-order valence-corrected chi connectivity index (χ3v) is 5.36. The monoisotopic (exact) mass is 349 g/mol. The molecule has 0 aliphatic carbocycles. The average molecular weight is 349 g/mol. The van der Waals surface area contributed by atoms with Crippen LogP contribution in [0, 0.1) is 5.82 Å². The Kier molecular flexibility index (Phi) is 4.85. The lowest BCUT2D eigenvalue weighted by Crippen LogP contribution is -2.32. The molecule has 1 saturated heterocycles. The zero-order chi connectivity index (χ0) is 17.9. The number of piperidine rings is 1. The van der Waals surface area contributed by atoms with Crippen LogP contribution >= 0.6 is 0 Å². The molecule has 1 fully saturated rings. The molecule has 26 heavy (non-hydrogen) atoms. The first-order chi connectivity index (χ1) is 12.7. The van der Waals surface area contributed by atoms with Crippen molar-refractivity contribution in [1.82, 2.24) is 14.5 Å². The molecular formula is C22H24FN3. The molecule has 3 nitrogen and oxygen atoms in total. The van der Waals surface area contributed by atoms with Crippen LogP contribution in [0.25, 0.3) is 11.4 Å². The van der Waals surface area contributed by atoms with Crippen molar-refractivity contribution in [3.05, 3.63) is 77.9 Å². The van der Waals surface area contributed by atoms with Gasteiger partial charge < -0.3 is 4.57 Å². The predicted octanol–water partition coefficient (Wildman–Crippen LogP) is 4.61. The van der Waals surface area contributed by atoms with Crippen LogP contribution in [-0.2, 0) is 13.6 Å². The minimum absolute atomic E-state index is 0.226. The second-order valence-electron chi connectivity index (χ2n) is 7.14. The number of nitrogens with zero attached hydrogens (tertiary/aromatic N) is 3. The molecule has 0 bridgehead atoms. The molecule has 134 valence electrons. The molecule has 0 radical (unpaired) electrons. The summed E-state index contributed by atoms with van der Waals surface area (Å²) in [5.74, 6) is 0.169. The molecule has 4 rings (SSSR count). The van der Waals surface area contributed by atoms with Gasteiger partial charge in [0.15, 0.2) is 5.82 Å².